The summed E-state index contributed by atoms with van der Waals surface area (Å²) in [6, 6.07) is -0.502. The first kappa shape index (κ1) is 14.3. The molecule has 1 aromatic heterocycles. The highest BCUT2D eigenvalue weighted by atomic mass is 16.5. The Morgan fingerprint density at radius 3 is 2.70 bits per heavy atom. The van der Waals surface area contributed by atoms with Crippen molar-refractivity contribution in [1.29, 1.82) is 0 Å². The average Bonchev–Trinajstić information content (AvgIpc) is 3.14. The Labute approximate surface area is 115 Å². The summed E-state index contributed by atoms with van der Waals surface area (Å²) in [5.74, 6) is -0.0327. The largest absolute Gasteiger partial charge is 0.480 e. The molecule has 1 aliphatic rings. The van der Waals surface area contributed by atoms with Crippen LogP contribution >= 0.6 is 0 Å². The summed E-state index contributed by atoms with van der Waals surface area (Å²) in [5.41, 5.74) is -1.20. The third kappa shape index (κ3) is 3.25. The minimum Gasteiger partial charge on any atom is -0.480 e. The summed E-state index contributed by atoms with van der Waals surface area (Å²) in [7, 11) is 0. The number of amides is 2. The number of urea groups is 1. The molecule has 20 heavy (non-hydrogen) atoms. The molecule has 0 spiro atoms. The van der Waals surface area contributed by atoms with Crippen molar-refractivity contribution in [2.75, 3.05) is 6.54 Å². The molecular weight excluding hydrogens is 264 g/mol. The van der Waals surface area contributed by atoms with E-state index in [4.69, 9.17) is 4.52 Å². The molecule has 1 aliphatic carbocycles. The molecule has 0 aliphatic heterocycles. The first-order valence-electron chi connectivity index (χ1n) is 6.50. The number of nitrogens with one attached hydrogen (secondary N) is 2. The number of hydrogen-bond donors (Lipinski definition) is 3. The van der Waals surface area contributed by atoms with Gasteiger partial charge in [0.1, 0.15) is 5.54 Å². The Kier molecular flexibility index (Phi) is 3.91. The molecule has 1 saturated carbocycles. The number of aliphatic carboxylic acids is 1. The van der Waals surface area contributed by atoms with Gasteiger partial charge in [-0.15, -0.1) is 0 Å². The van der Waals surface area contributed by atoms with Gasteiger partial charge >= 0.3 is 12.0 Å². The predicted molar refractivity (Wildman–Crippen MR) is 68.0 cm³/mol. The number of carboxylic acid groups (broad SMARTS) is 1. The molecule has 8 nitrogen and oxygen atoms in total. The maximum Gasteiger partial charge on any atom is 0.329 e. The van der Waals surface area contributed by atoms with Crippen LogP contribution in [0, 0.1) is 12.8 Å². The van der Waals surface area contributed by atoms with Gasteiger partial charge in [-0.1, -0.05) is 5.16 Å². The molecule has 8 heteroatoms. The van der Waals surface area contributed by atoms with Crippen LogP contribution in [0.3, 0.4) is 0 Å². The van der Waals surface area contributed by atoms with Crippen LogP contribution in [0.4, 0.5) is 4.79 Å². The number of carboxylic acids is 1. The number of nitrogens with zero attached hydrogens (tertiary/aromatic N) is 2. The SMILES string of the molecule is Cc1noc(CCNC(=O)NC(C)(C(=O)O)C2CC2)n1. The van der Waals surface area contributed by atoms with E-state index >= 15 is 0 Å². The molecule has 1 atom stereocenters. The zero-order valence-electron chi connectivity index (χ0n) is 11.5. The van der Waals surface area contributed by atoms with Crippen LogP contribution in [0.15, 0.2) is 4.52 Å². The Hall–Kier alpha value is -2.12. The van der Waals surface area contributed by atoms with E-state index in [1.54, 1.807) is 6.92 Å². The van der Waals surface area contributed by atoms with E-state index in [1.807, 2.05) is 0 Å². The third-order valence-corrected chi connectivity index (χ3v) is 3.41. The maximum atomic E-state index is 11.7. The Bertz CT molecular complexity index is 511. The number of hydrogen-bond acceptors (Lipinski definition) is 5. The minimum absolute atomic E-state index is 0.00402. The minimum atomic E-state index is -1.20. The van der Waals surface area contributed by atoms with Crippen LogP contribution < -0.4 is 10.6 Å². The number of aryl methyl sites for hydroxylation is 1. The van der Waals surface area contributed by atoms with Crippen LogP contribution in [-0.4, -0.2) is 39.3 Å². The highest BCUT2D eigenvalue weighted by Gasteiger charge is 2.48. The topological polar surface area (TPSA) is 117 Å². The summed E-state index contributed by atoms with van der Waals surface area (Å²) in [6.45, 7) is 3.54. The van der Waals surface area contributed by atoms with Crippen molar-refractivity contribution in [3.63, 3.8) is 0 Å². The lowest BCUT2D eigenvalue weighted by Crippen LogP contribution is -2.56. The Balaban J connectivity index is 1.78. The van der Waals surface area contributed by atoms with Crippen LogP contribution in [0.25, 0.3) is 0 Å². The zero-order chi connectivity index (χ0) is 14.8. The molecule has 1 aromatic rings. The normalized spacial score (nSPS) is 17.3. The third-order valence-electron chi connectivity index (χ3n) is 3.41. The summed E-state index contributed by atoms with van der Waals surface area (Å²) >= 11 is 0. The monoisotopic (exact) mass is 282 g/mol. The van der Waals surface area contributed by atoms with Crippen molar-refractivity contribution in [3.8, 4) is 0 Å². The lowest BCUT2D eigenvalue weighted by atomic mass is 9.96. The van der Waals surface area contributed by atoms with Gasteiger partial charge in [0.25, 0.3) is 0 Å². The van der Waals surface area contributed by atoms with Crippen molar-refractivity contribution in [1.82, 2.24) is 20.8 Å². The van der Waals surface area contributed by atoms with E-state index in [2.05, 4.69) is 20.8 Å². The van der Waals surface area contributed by atoms with Gasteiger partial charge in [-0.2, -0.15) is 4.98 Å². The van der Waals surface area contributed by atoms with Gasteiger partial charge in [0.2, 0.25) is 5.89 Å². The van der Waals surface area contributed by atoms with E-state index in [1.165, 1.54) is 6.92 Å². The van der Waals surface area contributed by atoms with Crippen LogP contribution in [-0.2, 0) is 11.2 Å². The molecule has 110 valence electrons. The summed E-state index contributed by atoms with van der Waals surface area (Å²) in [6.07, 6.45) is 2.05. The van der Waals surface area contributed by atoms with Gasteiger partial charge < -0.3 is 20.3 Å². The standard InChI is InChI=1S/C12H18N4O4/c1-7-14-9(20-16-7)5-6-13-11(19)15-12(2,10(17)18)8-3-4-8/h8H,3-6H2,1-2H3,(H,17,18)(H2,13,15,19). The molecule has 3 N–H and O–H groups in total. The van der Waals surface area contributed by atoms with Gasteiger partial charge in [0.15, 0.2) is 5.82 Å². The fourth-order valence-corrected chi connectivity index (χ4v) is 2.00. The van der Waals surface area contributed by atoms with Gasteiger partial charge in [-0.05, 0) is 32.6 Å². The van der Waals surface area contributed by atoms with E-state index in [9.17, 15) is 14.7 Å². The molecule has 0 aromatic carbocycles. The van der Waals surface area contributed by atoms with Gasteiger partial charge in [0, 0.05) is 13.0 Å². The van der Waals surface area contributed by atoms with Crippen molar-refractivity contribution in [3.05, 3.63) is 11.7 Å². The van der Waals surface area contributed by atoms with E-state index < -0.39 is 17.5 Å². The van der Waals surface area contributed by atoms with Crippen molar-refractivity contribution >= 4 is 12.0 Å². The molecular formula is C12H18N4O4. The van der Waals surface area contributed by atoms with Gasteiger partial charge in [-0.25, -0.2) is 9.59 Å². The predicted octanol–water partition coefficient (Wildman–Crippen LogP) is 0.473. The summed E-state index contributed by atoms with van der Waals surface area (Å²) < 4.78 is 4.91. The number of aromatic nitrogens is 2. The highest BCUT2D eigenvalue weighted by Crippen LogP contribution is 2.39. The van der Waals surface area contributed by atoms with Gasteiger partial charge in [0.05, 0.1) is 0 Å². The highest BCUT2D eigenvalue weighted by molar-refractivity contribution is 5.86. The van der Waals surface area contributed by atoms with Crippen molar-refractivity contribution < 1.29 is 19.2 Å². The van der Waals surface area contributed by atoms with Crippen LogP contribution in [0.2, 0.25) is 0 Å². The summed E-state index contributed by atoms with van der Waals surface area (Å²) in [5, 5.41) is 18.0. The van der Waals surface area contributed by atoms with Crippen molar-refractivity contribution in [2.45, 2.75) is 38.6 Å². The Morgan fingerprint density at radius 2 is 2.20 bits per heavy atom. The lowest BCUT2D eigenvalue weighted by molar-refractivity contribution is -0.144. The molecule has 0 bridgehead atoms. The quantitative estimate of drug-likeness (QED) is 0.698. The summed E-state index contributed by atoms with van der Waals surface area (Å²) in [4.78, 5) is 27.0. The molecule has 0 saturated heterocycles. The average molecular weight is 282 g/mol. The first-order valence-corrected chi connectivity index (χ1v) is 6.50. The fourth-order valence-electron chi connectivity index (χ4n) is 2.00. The van der Waals surface area contributed by atoms with E-state index in [0.29, 0.717) is 24.7 Å². The lowest BCUT2D eigenvalue weighted by Gasteiger charge is -2.26. The molecule has 2 rings (SSSR count). The van der Waals surface area contributed by atoms with E-state index in [-0.39, 0.29) is 5.92 Å². The second kappa shape index (κ2) is 5.48. The van der Waals surface area contributed by atoms with Crippen LogP contribution in [0.5, 0.6) is 0 Å². The molecule has 1 unspecified atom stereocenters. The Morgan fingerprint density at radius 1 is 1.50 bits per heavy atom. The van der Waals surface area contributed by atoms with E-state index in [0.717, 1.165) is 12.8 Å². The number of carbonyl (C=O) groups is 2. The molecule has 1 heterocycles. The maximum absolute atomic E-state index is 11.7. The molecule has 2 amide bonds. The first-order chi connectivity index (χ1) is 9.41. The zero-order valence-corrected chi connectivity index (χ0v) is 11.5. The fraction of sp³-hybridized carbons (Fsp3) is 0.667. The van der Waals surface area contributed by atoms with Crippen LogP contribution in [0.1, 0.15) is 31.5 Å². The van der Waals surface area contributed by atoms with Gasteiger partial charge in [-0.3, -0.25) is 0 Å². The van der Waals surface area contributed by atoms with Crippen molar-refractivity contribution in [2.24, 2.45) is 5.92 Å². The molecule has 1 fully saturated rings. The number of carbonyl (C=O) groups excluding carboxylic acids is 1. The smallest absolute Gasteiger partial charge is 0.329 e. The second-order valence-corrected chi connectivity index (χ2v) is 5.15. The second-order valence-electron chi connectivity index (χ2n) is 5.15. The molecule has 0 radical (unpaired) electrons. The number of rotatable bonds is 6.